The second kappa shape index (κ2) is 10.1. The van der Waals surface area contributed by atoms with Crippen molar-refractivity contribution in [2.75, 3.05) is 0 Å². The van der Waals surface area contributed by atoms with Crippen LogP contribution < -0.4 is 5.32 Å². The molecule has 1 aliphatic carbocycles. The van der Waals surface area contributed by atoms with Crippen LogP contribution in [0.15, 0.2) is 166 Å². The van der Waals surface area contributed by atoms with Gasteiger partial charge in [-0.05, 0) is 61.8 Å². The highest BCUT2D eigenvalue weighted by molar-refractivity contribution is 6.26. The average molecular weight is 602 g/mol. The van der Waals surface area contributed by atoms with Gasteiger partial charge in [0.15, 0.2) is 6.17 Å². The smallest absolute Gasteiger partial charge is 0.169 e. The Kier molecular flexibility index (Phi) is 5.60. The van der Waals surface area contributed by atoms with Gasteiger partial charge in [-0.2, -0.15) is 0 Å². The fraction of sp³-hybridized carbons (Fsp3) is 0.0233. The summed E-state index contributed by atoms with van der Waals surface area (Å²) in [5.41, 5.74) is 12.2. The molecule has 4 nitrogen and oxygen atoms in total. The fourth-order valence-electron chi connectivity index (χ4n) is 7.34. The standard InChI is InChI=1S/C43H27N3O/c1-3-10-27(11-4-1)41-44-42(28-12-5-2-6-13-28)46-43(45-41)29-22-20-26(21-23-29)30-24-25-35-34-17-9-19-37-40(34)39-33(16-8-18-36(39)47-37)32-15-7-14-31(30)38(32)35/h1-25,43H,(H,44,45,46). The number of nitrogens with zero attached hydrogens (tertiary/aromatic N) is 2. The largest absolute Gasteiger partial charge is 0.456 e. The molecule has 47 heavy (non-hydrogen) atoms. The maximum Gasteiger partial charge on any atom is 0.169 e. The molecule has 0 fully saturated rings. The molecule has 7 aromatic carbocycles. The van der Waals surface area contributed by atoms with Gasteiger partial charge in [0.2, 0.25) is 0 Å². The predicted molar refractivity (Wildman–Crippen MR) is 193 cm³/mol. The molecule has 1 aliphatic heterocycles. The third-order valence-corrected chi connectivity index (χ3v) is 9.50. The molecule has 0 saturated heterocycles. The monoisotopic (exact) mass is 601 g/mol. The van der Waals surface area contributed by atoms with E-state index in [9.17, 15) is 0 Å². The number of aliphatic imine (C=N–C) groups is 2. The lowest BCUT2D eigenvalue weighted by Crippen LogP contribution is -2.35. The molecule has 1 aromatic heterocycles. The second-order valence-corrected chi connectivity index (χ2v) is 12.2. The number of hydrogen-bond acceptors (Lipinski definition) is 4. The third kappa shape index (κ3) is 4.01. The van der Waals surface area contributed by atoms with E-state index >= 15 is 0 Å². The van der Waals surface area contributed by atoms with Gasteiger partial charge in [0.1, 0.15) is 22.8 Å². The van der Waals surface area contributed by atoms with Crippen molar-refractivity contribution in [2.45, 2.75) is 6.17 Å². The summed E-state index contributed by atoms with van der Waals surface area (Å²) in [5, 5.41) is 8.38. The highest BCUT2D eigenvalue weighted by Gasteiger charge is 2.25. The van der Waals surface area contributed by atoms with E-state index in [1.807, 2.05) is 36.4 Å². The molecule has 8 aromatic rings. The van der Waals surface area contributed by atoms with E-state index in [1.165, 1.54) is 49.4 Å². The Balaban J connectivity index is 1.10. The van der Waals surface area contributed by atoms with Crippen LogP contribution >= 0.6 is 0 Å². The first kappa shape index (κ1) is 26.0. The van der Waals surface area contributed by atoms with E-state index in [4.69, 9.17) is 14.4 Å². The van der Waals surface area contributed by atoms with Crippen LogP contribution in [-0.2, 0) is 0 Å². The SMILES string of the molecule is c1ccc(C2=NC(c3ccc(-c4ccc5c6c(cccc46)-c4cccc6oc7cccc-5c7c46)cc3)N=C(c3ccccc3)N2)cc1. The van der Waals surface area contributed by atoms with Crippen LogP contribution in [0.1, 0.15) is 22.9 Å². The maximum absolute atomic E-state index is 6.32. The molecule has 0 spiro atoms. The van der Waals surface area contributed by atoms with Crippen molar-refractivity contribution in [2.24, 2.45) is 9.98 Å². The zero-order valence-electron chi connectivity index (χ0n) is 25.3. The van der Waals surface area contributed by atoms with E-state index in [0.717, 1.165) is 45.1 Å². The van der Waals surface area contributed by atoms with Crippen LogP contribution in [0.5, 0.6) is 0 Å². The molecule has 0 amide bonds. The van der Waals surface area contributed by atoms with Crippen molar-refractivity contribution in [3.63, 3.8) is 0 Å². The van der Waals surface area contributed by atoms with Gasteiger partial charge < -0.3 is 9.73 Å². The molecule has 2 aliphatic rings. The summed E-state index contributed by atoms with van der Waals surface area (Å²) in [6.45, 7) is 0. The Labute approximate surface area is 271 Å². The summed E-state index contributed by atoms with van der Waals surface area (Å²) < 4.78 is 6.32. The normalized spacial score (nSPS) is 13.9. The number of amidine groups is 2. The van der Waals surface area contributed by atoms with Gasteiger partial charge in [-0.15, -0.1) is 0 Å². The summed E-state index contributed by atoms with van der Waals surface area (Å²) in [7, 11) is 0. The number of rotatable bonds is 4. The van der Waals surface area contributed by atoms with Gasteiger partial charge >= 0.3 is 0 Å². The lowest BCUT2D eigenvalue weighted by Gasteiger charge is -2.22. The van der Waals surface area contributed by atoms with Gasteiger partial charge in [0.25, 0.3) is 0 Å². The van der Waals surface area contributed by atoms with E-state index < -0.39 is 0 Å². The first-order valence-corrected chi connectivity index (χ1v) is 15.9. The Hall–Kier alpha value is -6.26. The lowest BCUT2D eigenvalue weighted by atomic mass is 9.88. The molecule has 0 unspecified atom stereocenters. The van der Waals surface area contributed by atoms with Gasteiger partial charge in [-0.1, -0.05) is 140 Å². The molecule has 10 rings (SSSR count). The minimum Gasteiger partial charge on any atom is -0.456 e. The number of benzene rings is 7. The summed E-state index contributed by atoms with van der Waals surface area (Å²) in [4.78, 5) is 10.1. The zero-order valence-corrected chi connectivity index (χ0v) is 25.3. The van der Waals surface area contributed by atoms with Crippen LogP contribution in [0.3, 0.4) is 0 Å². The van der Waals surface area contributed by atoms with Crippen LogP contribution in [0.2, 0.25) is 0 Å². The van der Waals surface area contributed by atoms with Crippen LogP contribution in [0.4, 0.5) is 0 Å². The summed E-state index contributed by atoms with van der Waals surface area (Å²) >= 11 is 0. The van der Waals surface area contributed by atoms with Gasteiger partial charge in [-0.25, -0.2) is 9.98 Å². The molecule has 0 atom stereocenters. The molecule has 4 heteroatoms. The van der Waals surface area contributed by atoms with Crippen molar-refractivity contribution in [1.29, 1.82) is 0 Å². The number of hydrogen-bond donors (Lipinski definition) is 1. The maximum atomic E-state index is 6.32. The Morgan fingerprint density at radius 3 is 1.51 bits per heavy atom. The average Bonchev–Trinajstić information content (AvgIpc) is 3.48. The zero-order chi connectivity index (χ0) is 30.9. The van der Waals surface area contributed by atoms with Crippen molar-refractivity contribution in [1.82, 2.24) is 5.32 Å². The lowest BCUT2D eigenvalue weighted by molar-refractivity contribution is 0.669. The molecular formula is C43H27N3O. The van der Waals surface area contributed by atoms with Crippen molar-refractivity contribution >= 4 is 44.4 Å². The van der Waals surface area contributed by atoms with Crippen LogP contribution in [-0.4, -0.2) is 11.7 Å². The van der Waals surface area contributed by atoms with E-state index in [0.29, 0.717) is 0 Å². The third-order valence-electron chi connectivity index (χ3n) is 9.50. The van der Waals surface area contributed by atoms with Gasteiger partial charge in [-0.3, -0.25) is 0 Å². The molecule has 0 radical (unpaired) electrons. The summed E-state index contributed by atoms with van der Waals surface area (Å²) in [6, 6.07) is 53.3. The highest BCUT2D eigenvalue weighted by Crippen LogP contribution is 2.50. The molecule has 2 heterocycles. The fourth-order valence-corrected chi connectivity index (χ4v) is 7.34. The molecule has 1 N–H and O–H groups in total. The first-order chi connectivity index (χ1) is 23.3. The summed E-state index contributed by atoms with van der Waals surface area (Å²) in [6.07, 6.45) is -0.361. The number of furan rings is 1. The van der Waals surface area contributed by atoms with Gasteiger partial charge in [0, 0.05) is 21.9 Å². The number of fused-ring (bicyclic) bond motifs is 2. The topological polar surface area (TPSA) is 49.9 Å². The quantitative estimate of drug-likeness (QED) is 0.218. The Morgan fingerprint density at radius 1 is 0.404 bits per heavy atom. The Morgan fingerprint density at radius 2 is 0.915 bits per heavy atom. The van der Waals surface area contributed by atoms with E-state index in [-0.39, 0.29) is 6.17 Å². The first-order valence-electron chi connectivity index (χ1n) is 15.9. The number of nitrogens with one attached hydrogen (secondary N) is 1. The van der Waals surface area contributed by atoms with E-state index in [2.05, 4.69) is 121 Å². The minimum absolute atomic E-state index is 0.361. The minimum atomic E-state index is -0.361. The van der Waals surface area contributed by atoms with Crippen LogP contribution in [0, 0.1) is 0 Å². The van der Waals surface area contributed by atoms with Crippen LogP contribution in [0.25, 0.3) is 66.1 Å². The second-order valence-electron chi connectivity index (χ2n) is 12.2. The molecular weight excluding hydrogens is 574 g/mol. The molecule has 0 saturated carbocycles. The van der Waals surface area contributed by atoms with Crippen molar-refractivity contribution in [3.05, 3.63) is 168 Å². The molecule has 220 valence electrons. The van der Waals surface area contributed by atoms with E-state index in [1.54, 1.807) is 0 Å². The summed E-state index contributed by atoms with van der Waals surface area (Å²) in [5.74, 6) is 1.64. The predicted octanol–water partition coefficient (Wildman–Crippen LogP) is 10.5. The Bertz CT molecular complexity index is 2460. The van der Waals surface area contributed by atoms with Gasteiger partial charge in [0.05, 0.1) is 0 Å². The van der Waals surface area contributed by atoms with Crippen molar-refractivity contribution in [3.8, 4) is 33.4 Å². The highest BCUT2D eigenvalue weighted by atomic mass is 16.3. The van der Waals surface area contributed by atoms with Crippen molar-refractivity contribution < 1.29 is 4.42 Å². The molecule has 0 bridgehead atoms.